The van der Waals surface area contributed by atoms with Gasteiger partial charge in [0.1, 0.15) is 11.6 Å². The van der Waals surface area contributed by atoms with Crippen LogP contribution in [0.25, 0.3) is 0 Å². The molecule has 0 saturated heterocycles. The van der Waals surface area contributed by atoms with Crippen LogP contribution >= 0.6 is 0 Å². The van der Waals surface area contributed by atoms with E-state index in [-0.39, 0.29) is 5.82 Å². The van der Waals surface area contributed by atoms with Crippen LogP contribution in [0.1, 0.15) is 17.0 Å². The Kier molecular flexibility index (Phi) is 3.69. The fraction of sp³-hybridized carbons (Fsp3) is 0.118. The normalized spacial score (nSPS) is 10.7. The quantitative estimate of drug-likeness (QED) is 0.746. The predicted molar refractivity (Wildman–Crippen MR) is 81.4 cm³/mol. The van der Waals surface area contributed by atoms with Crippen LogP contribution in [0, 0.1) is 5.82 Å². The molecule has 1 aromatic heterocycles. The van der Waals surface area contributed by atoms with Gasteiger partial charge in [-0.2, -0.15) is 0 Å². The van der Waals surface area contributed by atoms with Crippen molar-refractivity contribution in [2.45, 2.75) is 13.0 Å². The first-order chi connectivity index (χ1) is 10.2. The summed E-state index contributed by atoms with van der Waals surface area (Å²) in [6.45, 7) is 0.477. The highest BCUT2D eigenvalue weighted by Crippen LogP contribution is 2.14. The second-order valence-corrected chi connectivity index (χ2v) is 4.98. The van der Waals surface area contributed by atoms with Crippen LogP contribution in [0.3, 0.4) is 0 Å². The average Bonchev–Trinajstić information content (AvgIpc) is 2.89. The van der Waals surface area contributed by atoms with Gasteiger partial charge in [-0.05, 0) is 23.8 Å². The van der Waals surface area contributed by atoms with Crippen molar-refractivity contribution in [3.05, 3.63) is 83.7 Å². The van der Waals surface area contributed by atoms with Crippen LogP contribution < -0.4 is 5.73 Å². The molecule has 21 heavy (non-hydrogen) atoms. The van der Waals surface area contributed by atoms with Gasteiger partial charge in [0.05, 0.1) is 6.54 Å². The lowest BCUT2D eigenvalue weighted by atomic mass is 10.1. The summed E-state index contributed by atoms with van der Waals surface area (Å²) in [5, 5.41) is 0. The fourth-order valence-corrected chi connectivity index (χ4v) is 2.35. The van der Waals surface area contributed by atoms with Gasteiger partial charge < -0.3 is 10.3 Å². The minimum atomic E-state index is -0.193. The maximum atomic E-state index is 13.7. The van der Waals surface area contributed by atoms with Crippen molar-refractivity contribution in [1.82, 2.24) is 9.55 Å². The van der Waals surface area contributed by atoms with E-state index in [1.165, 1.54) is 6.07 Å². The minimum absolute atomic E-state index is 0.193. The Hall–Kier alpha value is -2.62. The van der Waals surface area contributed by atoms with Crippen molar-refractivity contribution in [2.75, 3.05) is 5.73 Å². The summed E-state index contributed by atoms with van der Waals surface area (Å²) in [6.07, 6.45) is 4.28. The summed E-state index contributed by atoms with van der Waals surface area (Å²) >= 11 is 0. The summed E-state index contributed by atoms with van der Waals surface area (Å²) < 4.78 is 15.7. The zero-order valence-electron chi connectivity index (χ0n) is 11.5. The van der Waals surface area contributed by atoms with E-state index in [9.17, 15) is 4.39 Å². The topological polar surface area (TPSA) is 43.8 Å². The molecule has 2 aromatic carbocycles. The number of hydrogen-bond acceptors (Lipinski definition) is 2. The van der Waals surface area contributed by atoms with Crippen LogP contribution in [0.4, 0.5) is 10.1 Å². The van der Waals surface area contributed by atoms with Gasteiger partial charge in [-0.25, -0.2) is 9.37 Å². The first kappa shape index (κ1) is 13.4. The standard InChI is InChI=1S/C17H16FN3/c18-16-7-2-1-5-14(16)12-21-9-8-20-17(21)11-13-4-3-6-15(19)10-13/h1-10H,11-12,19H2. The van der Waals surface area contributed by atoms with E-state index in [1.807, 2.05) is 41.1 Å². The van der Waals surface area contributed by atoms with Gasteiger partial charge in [0.2, 0.25) is 0 Å². The average molecular weight is 281 g/mol. The molecule has 2 N–H and O–H groups in total. The van der Waals surface area contributed by atoms with Gasteiger partial charge in [0.25, 0.3) is 0 Å². The molecule has 0 bridgehead atoms. The number of nitrogens with two attached hydrogens (primary N) is 1. The van der Waals surface area contributed by atoms with Crippen molar-refractivity contribution in [3.8, 4) is 0 Å². The SMILES string of the molecule is Nc1cccc(Cc2nccn2Cc2ccccc2F)c1. The molecule has 1 heterocycles. The zero-order valence-corrected chi connectivity index (χ0v) is 11.5. The third-order valence-corrected chi connectivity index (χ3v) is 3.41. The van der Waals surface area contributed by atoms with Crippen molar-refractivity contribution >= 4 is 5.69 Å². The van der Waals surface area contributed by atoms with E-state index in [0.717, 1.165) is 17.1 Å². The Morgan fingerprint density at radius 3 is 2.76 bits per heavy atom. The number of anilines is 1. The van der Waals surface area contributed by atoms with Crippen molar-refractivity contribution in [2.24, 2.45) is 0 Å². The molecule has 3 rings (SSSR count). The number of nitrogen functional groups attached to an aromatic ring is 1. The van der Waals surface area contributed by atoms with Crippen LogP contribution in [0.15, 0.2) is 60.9 Å². The molecule has 0 atom stereocenters. The van der Waals surface area contributed by atoms with Gasteiger partial charge >= 0.3 is 0 Å². The summed E-state index contributed by atoms with van der Waals surface area (Å²) in [5.41, 5.74) is 8.28. The molecular formula is C17H16FN3. The molecule has 0 aliphatic rings. The van der Waals surface area contributed by atoms with E-state index in [4.69, 9.17) is 5.73 Å². The fourth-order valence-electron chi connectivity index (χ4n) is 2.35. The molecular weight excluding hydrogens is 265 g/mol. The monoisotopic (exact) mass is 281 g/mol. The number of hydrogen-bond donors (Lipinski definition) is 1. The first-order valence-electron chi connectivity index (χ1n) is 6.80. The number of aromatic nitrogens is 2. The number of nitrogens with zero attached hydrogens (tertiary/aromatic N) is 2. The highest BCUT2D eigenvalue weighted by Gasteiger charge is 2.07. The van der Waals surface area contributed by atoms with Gasteiger partial charge in [0, 0.05) is 30.1 Å². The molecule has 0 aliphatic carbocycles. The first-order valence-corrected chi connectivity index (χ1v) is 6.80. The molecule has 0 fully saturated rings. The molecule has 0 spiro atoms. The summed E-state index contributed by atoms with van der Waals surface area (Å²) in [6, 6.07) is 14.5. The number of benzene rings is 2. The Morgan fingerprint density at radius 2 is 1.95 bits per heavy atom. The highest BCUT2D eigenvalue weighted by atomic mass is 19.1. The van der Waals surface area contributed by atoms with Crippen molar-refractivity contribution in [3.63, 3.8) is 0 Å². The lowest BCUT2D eigenvalue weighted by Crippen LogP contribution is -2.06. The van der Waals surface area contributed by atoms with Crippen LogP contribution in [-0.4, -0.2) is 9.55 Å². The second-order valence-electron chi connectivity index (χ2n) is 4.98. The Morgan fingerprint density at radius 1 is 1.10 bits per heavy atom. The molecule has 0 aliphatic heterocycles. The minimum Gasteiger partial charge on any atom is -0.399 e. The van der Waals surface area contributed by atoms with E-state index >= 15 is 0 Å². The lowest BCUT2D eigenvalue weighted by Gasteiger charge is -2.09. The van der Waals surface area contributed by atoms with E-state index in [2.05, 4.69) is 4.98 Å². The Bertz CT molecular complexity index is 749. The zero-order chi connectivity index (χ0) is 14.7. The maximum Gasteiger partial charge on any atom is 0.128 e. The Labute approximate surface area is 122 Å². The molecule has 0 amide bonds. The maximum absolute atomic E-state index is 13.7. The van der Waals surface area contributed by atoms with Crippen molar-refractivity contribution < 1.29 is 4.39 Å². The van der Waals surface area contributed by atoms with Crippen molar-refractivity contribution in [1.29, 1.82) is 0 Å². The summed E-state index contributed by atoms with van der Waals surface area (Å²) in [4.78, 5) is 4.37. The predicted octanol–water partition coefficient (Wildman–Crippen LogP) is 3.24. The van der Waals surface area contributed by atoms with Crippen LogP contribution in [-0.2, 0) is 13.0 Å². The Balaban J connectivity index is 1.83. The van der Waals surface area contributed by atoms with E-state index < -0.39 is 0 Å². The highest BCUT2D eigenvalue weighted by molar-refractivity contribution is 5.41. The van der Waals surface area contributed by atoms with Gasteiger partial charge in [-0.3, -0.25) is 0 Å². The molecule has 3 nitrogen and oxygen atoms in total. The van der Waals surface area contributed by atoms with Gasteiger partial charge in [-0.15, -0.1) is 0 Å². The van der Waals surface area contributed by atoms with Crippen LogP contribution in [0.5, 0.6) is 0 Å². The number of rotatable bonds is 4. The number of halogens is 1. The summed E-state index contributed by atoms with van der Waals surface area (Å²) in [5.74, 6) is 0.699. The lowest BCUT2D eigenvalue weighted by molar-refractivity contribution is 0.595. The van der Waals surface area contributed by atoms with Crippen LogP contribution in [0.2, 0.25) is 0 Å². The third kappa shape index (κ3) is 3.11. The molecule has 0 saturated carbocycles. The molecule has 4 heteroatoms. The number of imidazole rings is 1. The summed E-state index contributed by atoms with van der Waals surface area (Å²) in [7, 11) is 0. The molecule has 0 unspecified atom stereocenters. The molecule has 106 valence electrons. The third-order valence-electron chi connectivity index (χ3n) is 3.41. The largest absolute Gasteiger partial charge is 0.399 e. The van der Waals surface area contributed by atoms with Gasteiger partial charge in [-0.1, -0.05) is 30.3 Å². The second kappa shape index (κ2) is 5.79. The van der Waals surface area contributed by atoms with Gasteiger partial charge in [0.15, 0.2) is 0 Å². The van der Waals surface area contributed by atoms with E-state index in [1.54, 1.807) is 18.3 Å². The molecule has 3 aromatic rings. The molecule has 0 radical (unpaired) electrons. The van der Waals surface area contributed by atoms with E-state index in [0.29, 0.717) is 18.5 Å². The smallest absolute Gasteiger partial charge is 0.128 e.